The molecule has 2 unspecified atom stereocenters. The lowest BCUT2D eigenvalue weighted by Crippen LogP contribution is -2.54. The zero-order valence-electron chi connectivity index (χ0n) is 12.4. The van der Waals surface area contributed by atoms with Crippen LogP contribution in [-0.2, 0) is 4.79 Å². The summed E-state index contributed by atoms with van der Waals surface area (Å²) in [7, 11) is 0. The van der Waals surface area contributed by atoms with Crippen LogP contribution >= 0.6 is 0 Å². The molecule has 0 aromatic carbocycles. The van der Waals surface area contributed by atoms with E-state index in [1.807, 2.05) is 0 Å². The number of rotatable bonds is 5. The minimum Gasteiger partial charge on any atom is -0.480 e. The van der Waals surface area contributed by atoms with Gasteiger partial charge in [0.25, 0.3) is 0 Å². The molecule has 3 heteroatoms. The molecule has 0 spiro atoms. The SMILES string of the molecule is CCN(CC)C1(C(=O)O)CCCC(C(C)C)CC1. The quantitative estimate of drug-likeness (QED) is 0.766. The Balaban J connectivity index is 2.89. The third-order valence-corrected chi connectivity index (χ3v) is 4.80. The molecule has 0 aromatic heterocycles. The molecule has 0 bridgehead atoms. The molecule has 1 saturated carbocycles. The van der Waals surface area contributed by atoms with E-state index in [1.54, 1.807) is 0 Å². The average molecular weight is 255 g/mol. The van der Waals surface area contributed by atoms with Crippen molar-refractivity contribution in [3.63, 3.8) is 0 Å². The molecule has 1 aliphatic carbocycles. The van der Waals surface area contributed by atoms with Gasteiger partial charge >= 0.3 is 5.97 Å². The molecule has 1 N–H and O–H groups in total. The van der Waals surface area contributed by atoms with Gasteiger partial charge < -0.3 is 5.11 Å². The van der Waals surface area contributed by atoms with Gasteiger partial charge in [-0.1, -0.05) is 40.5 Å². The van der Waals surface area contributed by atoms with Gasteiger partial charge in [0.2, 0.25) is 0 Å². The maximum absolute atomic E-state index is 11.8. The fourth-order valence-corrected chi connectivity index (χ4v) is 3.51. The number of hydrogen-bond donors (Lipinski definition) is 1. The van der Waals surface area contributed by atoms with Crippen LogP contribution in [0.1, 0.15) is 59.8 Å². The summed E-state index contributed by atoms with van der Waals surface area (Å²) in [4.78, 5) is 14.0. The van der Waals surface area contributed by atoms with Crippen LogP contribution in [0.4, 0.5) is 0 Å². The van der Waals surface area contributed by atoms with Crippen LogP contribution in [-0.4, -0.2) is 34.6 Å². The highest BCUT2D eigenvalue weighted by Gasteiger charge is 2.44. The minimum atomic E-state index is -0.615. The summed E-state index contributed by atoms with van der Waals surface area (Å²) in [5.41, 5.74) is -0.604. The number of carboxylic acids is 1. The van der Waals surface area contributed by atoms with Gasteiger partial charge in [-0.3, -0.25) is 9.69 Å². The Bertz CT molecular complexity index is 274. The van der Waals surface area contributed by atoms with Gasteiger partial charge in [0.15, 0.2) is 0 Å². The first kappa shape index (κ1) is 15.5. The van der Waals surface area contributed by atoms with Crippen molar-refractivity contribution in [2.24, 2.45) is 11.8 Å². The van der Waals surface area contributed by atoms with E-state index in [0.717, 1.165) is 38.8 Å². The van der Waals surface area contributed by atoms with Crippen LogP contribution in [0.25, 0.3) is 0 Å². The third-order valence-electron chi connectivity index (χ3n) is 4.80. The van der Waals surface area contributed by atoms with Gasteiger partial charge in [0.05, 0.1) is 0 Å². The van der Waals surface area contributed by atoms with E-state index in [1.165, 1.54) is 6.42 Å². The number of hydrogen-bond acceptors (Lipinski definition) is 2. The van der Waals surface area contributed by atoms with Gasteiger partial charge in [-0.25, -0.2) is 0 Å². The van der Waals surface area contributed by atoms with Crippen molar-refractivity contribution in [1.29, 1.82) is 0 Å². The van der Waals surface area contributed by atoms with Crippen LogP contribution in [0, 0.1) is 11.8 Å². The van der Waals surface area contributed by atoms with Crippen LogP contribution in [0.3, 0.4) is 0 Å². The molecule has 0 radical (unpaired) electrons. The standard InChI is InChI=1S/C15H29NO2/c1-5-16(6-2)15(14(17)18)10-7-8-13(9-11-15)12(3)4/h12-13H,5-11H2,1-4H3,(H,17,18). The lowest BCUT2D eigenvalue weighted by molar-refractivity contribution is -0.152. The van der Waals surface area contributed by atoms with E-state index < -0.39 is 11.5 Å². The summed E-state index contributed by atoms with van der Waals surface area (Å²) in [5, 5.41) is 9.73. The van der Waals surface area contributed by atoms with Gasteiger partial charge in [-0.2, -0.15) is 0 Å². The first-order valence-electron chi connectivity index (χ1n) is 7.46. The lowest BCUT2D eigenvalue weighted by atomic mass is 9.85. The molecule has 0 heterocycles. The number of likely N-dealkylation sites (N-methyl/N-ethyl adjacent to an activating group) is 1. The molecule has 0 saturated heterocycles. The summed E-state index contributed by atoms with van der Waals surface area (Å²) in [6.07, 6.45) is 4.92. The van der Waals surface area contributed by atoms with E-state index in [0.29, 0.717) is 11.8 Å². The number of nitrogens with zero attached hydrogens (tertiary/aromatic N) is 1. The summed E-state index contributed by atoms with van der Waals surface area (Å²) in [5.74, 6) is 0.753. The van der Waals surface area contributed by atoms with Gasteiger partial charge in [0.1, 0.15) is 5.54 Å². The summed E-state index contributed by atoms with van der Waals surface area (Å²) in [6, 6.07) is 0. The van der Waals surface area contributed by atoms with Crippen molar-refractivity contribution in [3.8, 4) is 0 Å². The Morgan fingerprint density at radius 3 is 2.33 bits per heavy atom. The second kappa shape index (κ2) is 6.55. The molecule has 0 aliphatic heterocycles. The highest BCUT2D eigenvalue weighted by molar-refractivity contribution is 5.78. The van der Waals surface area contributed by atoms with E-state index in [9.17, 15) is 9.90 Å². The summed E-state index contributed by atoms with van der Waals surface area (Å²) in [6.45, 7) is 10.3. The van der Waals surface area contributed by atoms with Gasteiger partial charge in [0, 0.05) is 0 Å². The van der Waals surface area contributed by atoms with Crippen LogP contribution < -0.4 is 0 Å². The zero-order chi connectivity index (χ0) is 13.8. The molecule has 0 amide bonds. The Labute approximate surface area is 112 Å². The number of carbonyl (C=O) groups is 1. The maximum atomic E-state index is 11.8. The normalized spacial score (nSPS) is 29.6. The molecule has 2 atom stereocenters. The molecule has 1 aliphatic rings. The topological polar surface area (TPSA) is 40.5 Å². The molecular formula is C15H29NO2. The number of aliphatic carboxylic acids is 1. The Kier molecular flexibility index (Phi) is 5.64. The molecule has 3 nitrogen and oxygen atoms in total. The average Bonchev–Trinajstić information content (AvgIpc) is 2.54. The highest BCUT2D eigenvalue weighted by Crippen LogP contribution is 2.37. The van der Waals surface area contributed by atoms with Crippen molar-refractivity contribution in [3.05, 3.63) is 0 Å². The molecule has 18 heavy (non-hydrogen) atoms. The lowest BCUT2D eigenvalue weighted by Gasteiger charge is -2.39. The highest BCUT2D eigenvalue weighted by atomic mass is 16.4. The van der Waals surface area contributed by atoms with Gasteiger partial charge in [-0.05, 0) is 44.2 Å². The van der Waals surface area contributed by atoms with Crippen molar-refractivity contribution in [2.45, 2.75) is 65.3 Å². The molecule has 1 fully saturated rings. The van der Waals surface area contributed by atoms with Crippen LogP contribution in [0.15, 0.2) is 0 Å². The van der Waals surface area contributed by atoms with Crippen LogP contribution in [0.2, 0.25) is 0 Å². The predicted molar refractivity (Wildman–Crippen MR) is 74.7 cm³/mol. The van der Waals surface area contributed by atoms with E-state index in [2.05, 4.69) is 32.6 Å². The maximum Gasteiger partial charge on any atom is 0.324 e. The first-order chi connectivity index (χ1) is 8.47. The first-order valence-corrected chi connectivity index (χ1v) is 7.46. The fraction of sp³-hybridized carbons (Fsp3) is 0.933. The smallest absolute Gasteiger partial charge is 0.324 e. The molecule has 1 rings (SSSR count). The summed E-state index contributed by atoms with van der Waals surface area (Å²) >= 11 is 0. The molecule has 106 valence electrons. The van der Waals surface area contributed by atoms with Crippen molar-refractivity contribution in [2.75, 3.05) is 13.1 Å². The second-order valence-electron chi connectivity index (χ2n) is 5.94. The largest absolute Gasteiger partial charge is 0.480 e. The third kappa shape index (κ3) is 3.05. The van der Waals surface area contributed by atoms with Crippen molar-refractivity contribution in [1.82, 2.24) is 4.90 Å². The van der Waals surface area contributed by atoms with Crippen molar-refractivity contribution >= 4 is 5.97 Å². The number of carboxylic acid groups (broad SMARTS) is 1. The summed E-state index contributed by atoms with van der Waals surface area (Å²) < 4.78 is 0. The minimum absolute atomic E-state index is 0.604. The van der Waals surface area contributed by atoms with Gasteiger partial charge in [-0.15, -0.1) is 0 Å². The van der Waals surface area contributed by atoms with Crippen LogP contribution in [0.5, 0.6) is 0 Å². The fourth-order valence-electron chi connectivity index (χ4n) is 3.51. The zero-order valence-corrected chi connectivity index (χ0v) is 12.4. The monoisotopic (exact) mass is 255 g/mol. The Morgan fingerprint density at radius 1 is 1.28 bits per heavy atom. The Morgan fingerprint density at radius 2 is 1.89 bits per heavy atom. The Hall–Kier alpha value is -0.570. The van der Waals surface area contributed by atoms with E-state index >= 15 is 0 Å². The van der Waals surface area contributed by atoms with Crippen molar-refractivity contribution < 1.29 is 9.90 Å². The van der Waals surface area contributed by atoms with E-state index in [4.69, 9.17) is 0 Å². The molecule has 0 aromatic rings. The van der Waals surface area contributed by atoms with E-state index in [-0.39, 0.29) is 0 Å². The predicted octanol–water partition coefficient (Wildman–Crippen LogP) is 3.39. The second-order valence-corrected chi connectivity index (χ2v) is 5.94. The molecular weight excluding hydrogens is 226 g/mol.